The monoisotopic (exact) mass is 282 g/mol. The van der Waals surface area contributed by atoms with Crippen LogP contribution in [0.25, 0.3) is 0 Å². The lowest BCUT2D eigenvalue weighted by molar-refractivity contribution is 0.0685. The van der Waals surface area contributed by atoms with Crippen LogP contribution in [-0.2, 0) is 13.1 Å². The van der Waals surface area contributed by atoms with Crippen molar-refractivity contribution < 1.29 is 9.90 Å². The van der Waals surface area contributed by atoms with Crippen LogP contribution in [0.1, 0.15) is 34.6 Å². The Morgan fingerprint density at radius 2 is 2.16 bits per heavy atom. The number of carboxylic acids is 1. The molecule has 0 unspecified atom stereocenters. The molecular weight excluding hydrogens is 268 g/mol. The van der Waals surface area contributed by atoms with E-state index >= 15 is 0 Å². The molecule has 0 fully saturated rings. The Morgan fingerprint density at radius 3 is 2.74 bits per heavy atom. The Kier molecular flexibility index (Phi) is 3.61. The molecule has 0 bridgehead atoms. The Hall–Kier alpha value is -1.82. The van der Waals surface area contributed by atoms with Gasteiger partial charge in [0, 0.05) is 6.54 Å². The molecule has 102 valence electrons. The summed E-state index contributed by atoms with van der Waals surface area (Å²) >= 11 is 6.23. The zero-order valence-corrected chi connectivity index (χ0v) is 11.8. The molecule has 0 spiro atoms. The van der Waals surface area contributed by atoms with Crippen LogP contribution >= 0.6 is 11.6 Å². The molecule has 6 nitrogen and oxygen atoms in total. The molecule has 1 N–H and O–H groups in total. The van der Waals surface area contributed by atoms with E-state index in [-0.39, 0.29) is 5.69 Å². The number of aryl methyl sites for hydroxylation is 3. The van der Waals surface area contributed by atoms with E-state index < -0.39 is 5.97 Å². The Morgan fingerprint density at radius 1 is 1.47 bits per heavy atom. The van der Waals surface area contributed by atoms with Gasteiger partial charge in [0.15, 0.2) is 0 Å². The second kappa shape index (κ2) is 5.05. The van der Waals surface area contributed by atoms with Crippen molar-refractivity contribution in [3.8, 4) is 0 Å². The summed E-state index contributed by atoms with van der Waals surface area (Å²) in [6, 6.07) is 0. The Labute approximate surface area is 115 Å². The number of rotatable bonds is 4. The minimum Gasteiger partial charge on any atom is -0.477 e. The number of imidazole rings is 1. The fourth-order valence-corrected chi connectivity index (χ4v) is 2.20. The molecule has 2 aromatic rings. The molecule has 19 heavy (non-hydrogen) atoms. The first kappa shape index (κ1) is 13.6. The van der Waals surface area contributed by atoms with Crippen LogP contribution in [0, 0.1) is 13.8 Å². The Balaban J connectivity index is 2.47. The van der Waals surface area contributed by atoms with Crippen molar-refractivity contribution in [3.63, 3.8) is 0 Å². The lowest BCUT2D eigenvalue weighted by atomic mass is 10.3. The fourth-order valence-electron chi connectivity index (χ4n) is 2.01. The summed E-state index contributed by atoms with van der Waals surface area (Å²) in [6.07, 6.45) is 1.35. The van der Waals surface area contributed by atoms with Gasteiger partial charge in [-0.15, -0.1) is 0 Å². The molecule has 0 atom stereocenters. The molecule has 0 aliphatic heterocycles. The third-order valence-corrected chi connectivity index (χ3v) is 3.53. The summed E-state index contributed by atoms with van der Waals surface area (Å²) in [7, 11) is 0. The van der Waals surface area contributed by atoms with Crippen LogP contribution < -0.4 is 0 Å². The molecule has 0 aromatic carbocycles. The van der Waals surface area contributed by atoms with Gasteiger partial charge >= 0.3 is 5.97 Å². The second-order valence-corrected chi connectivity index (χ2v) is 4.62. The highest BCUT2D eigenvalue weighted by atomic mass is 35.5. The van der Waals surface area contributed by atoms with Crippen molar-refractivity contribution >= 4 is 17.6 Å². The number of hydrogen-bond acceptors (Lipinski definition) is 3. The van der Waals surface area contributed by atoms with Gasteiger partial charge in [-0.25, -0.2) is 9.78 Å². The number of halogens is 1. The second-order valence-electron chi connectivity index (χ2n) is 4.24. The summed E-state index contributed by atoms with van der Waals surface area (Å²) in [5, 5.41) is 14.0. The highest BCUT2D eigenvalue weighted by Gasteiger charge is 2.18. The predicted molar refractivity (Wildman–Crippen MR) is 70.7 cm³/mol. The maximum absolute atomic E-state index is 11.2. The highest BCUT2D eigenvalue weighted by Crippen LogP contribution is 2.22. The van der Waals surface area contributed by atoms with Gasteiger partial charge in [0.05, 0.1) is 29.2 Å². The quantitative estimate of drug-likeness (QED) is 0.932. The van der Waals surface area contributed by atoms with Crippen molar-refractivity contribution in [1.29, 1.82) is 0 Å². The van der Waals surface area contributed by atoms with E-state index in [1.807, 2.05) is 13.8 Å². The van der Waals surface area contributed by atoms with E-state index in [9.17, 15) is 4.79 Å². The van der Waals surface area contributed by atoms with E-state index in [4.69, 9.17) is 16.7 Å². The third kappa shape index (κ3) is 2.35. The average molecular weight is 283 g/mol. The van der Waals surface area contributed by atoms with E-state index in [1.165, 1.54) is 6.20 Å². The lowest BCUT2D eigenvalue weighted by Gasteiger charge is -2.10. The van der Waals surface area contributed by atoms with Crippen molar-refractivity contribution in [1.82, 2.24) is 19.3 Å². The maximum Gasteiger partial charge on any atom is 0.354 e. The standard InChI is InChI=1S/C12H15ClN4O2/c1-4-17-10(11(13)7(2)15-17)6-16-8(3)14-5-9(16)12(18)19/h5H,4,6H2,1-3H3,(H,18,19). The number of carboxylic acid groups (broad SMARTS) is 1. The molecule has 2 rings (SSSR count). The van der Waals surface area contributed by atoms with Gasteiger partial charge in [0.25, 0.3) is 0 Å². The van der Waals surface area contributed by atoms with Crippen LogP contribution in [0.4, 0.5) is 0 Å². The number of nitrogens with zero attached hydrogens (tertiary/aromatic N) is 4. The van der Waals surface area contributed by atoms with Gasteiger partial charge in [-0.2, -0.15) is 5.10 Å². The van der Waals surface area contributed by atoms with Gasteiger partial charge in [0.2, 0.25) is 0 Å². The number of hydrogen-bond donors (Lipinski definition) is 1. The van der Waals surface area contributed by atoms with Crippen LogP contribution in [-0.4, -0.2) is 30.4 Å². The predicted octanol–water partition coefficient (Wildman–Crippen LogP) is 2.12. The van der Waals surface area contributed by atoms with E-state index in [1.54, 1.807) is 16.2 Å². The van der Waals surface area contributed by atoms with Crippen LogP contribution in [0.5, 0.6) is 0 Å². The van der Waals surface area contributed by atoms with E-state index in [2.05, 4.69) is 10.1 Å². The maximum atomic E-state index is 11.2. The molecular formula is C12H15ClN4O2. The first-order valence-electron chi connectivity index (χ1n) is 5.92. The molecule has 0 amide bonds. The SMILES string of the molecule is CCn1nc(C)c(Cl)c1Cn1c(C(=O)O)cnc1C. The average Bonchev–Trinajstić information content (AvgIpc) is 2.85. The summed E-state index contributed by atoms with van der Waals surface area (Å²) in [4.78, 5) is 15.2. The Bertz CT molecular complexity index is 630. The first-order chi connectivity index (χ1) is 8.95. The molecule has 2 aromatic heterocycles. The van der Waals surface area contributed by atoms with Gasteiger partial charge in [0.1, 0.15) is 11.5 Å². The van der Waals surface area contributed by atoms with Crippen molar-refractivity contribution in [3.05, 3.63) is 34.1 Å². The first-order valence-corrected chi connectivity index (χ1v) is 6.30. The normalized spacial score (nSPS) is 10.9. The van der Waals surface area contributed by atoms with Crippen molar-refractivity contribution in [2.24, 2.45) is 0 Å². The summed E-state index contributed by atoms with van der Waals surface area (Å²) in [5.74, 6) is -0.369. The smallest absolute Gasteiger partial charge is 0.354 e. The molecule has 0 saturated heterocycles. The highest BCUT2D eigenvalue weighted by molar-refractivity contribution is 6.31. The van der Waals surface area contributed by atoms with E-state index in [0.717, 1.165) is 11.4 Å². The number of aromatic carboxylic acids is 1. The van der Waals surface area contributed by atoms with Gasteiger partial charge in [-0.3, -0.25) is 4.68 Å². The topological polar surface area (TPSA) is 72.9 Å². The molecule has 0 aliphatic rings. The summed E-state index contributed by atoms with van der Waals surface area (Å²) in [5.41, 5.74) is 1.69. The zero-order chi connectivity index (χ0) is 14.2. The molecule has 7 heteroatoms. The number of carbonyl (C=O) groups is 1. The van der Waals surface area contributed by atoms with Crippen molar-refractivity contribution in [2.45, 2.75) is 33.9 Å². The van der Waals surface area contributed by atoms with Crippen LogP contribution in [0.15, 0.2) is 6.20 Å². The minimum atomic E-state index is -1.00. The lowest BCUT2D eigenvalue weighted by Crippen LogP contribution is -2.14. The minimum absolute atomic E-state index is 0.148. The fraction of sp³-hybridized carbons (Fsp3) is 0.417. The molecule has 2 heterocycles. The molecule has 0 aliphatic carbocycles. The van der Waals surface area contributed by atoms with E-state index in [0.29, 0.717) is 23.9 Å². The third-order valence-electron chi connectivity index (χ3n) is 3.03. The largest absolute Gasteiger partial charge is 0.477 e. The van der Waals surface area contributed by atoms with Crippen molar-refractivity contribution in [2.75, 3.05) is 0 Å². The number of aromatic nitrogens is 4. The summed E-state index contributed by atoms with van der Waals surface area (Å²) in [6.45, 7) is 6.59. The van der Waals surface area contributed by atoms with Gasteiger partial charge in [-0.1, -0.05) is 11.6 Å². The van der Waals surface area contributed by atoms with Gasteiger partial charge < -0.3 is 9.67 Å². The van der Waals surface area contributed by atoms with Crippen LogP contribution in [0.2, 0.25) is 5.02 Å². The molecule has 0 radical (unpaired) electrons. The molecule has 0 saturated carbocycles. The van der Waals surface area contributed by atoms with Gasteiger partial charge in [-0.05, 0) is 20.8 Å². The summed E-state index contributed by atoms with van der Waals surface area (Å²) < 4.78 is 3.40. The van der Waals surface area contributed by atoms with Crippen LogP contribution in [0.3, 0.4) is 0 Å². The zero-order valence-electron chi connectivity index (χ0n) is 11.0.